The van der Waals surface area contributed by atoms with Gasteiger partial charge in [0.05, 0.1) is 18.6 Å². The van der Waals surface area contributed by atoms with E-state index in [2.05, 4.69) is 4.98 Å². The Morgan fingerprint density at radius 2 is 2.05 bits per heavy atom. The van der Waals surface area contributed by atoms with Crippen molar-refractivity contribution in [2.75, 3.05) is 6.61 Å². The van der Waals surface area contributed by atoms with Gasteiger partial charge in [-0.3, -0.25) is 9.78 Å². The van der Waals surface area contributed by atoms with Gasteiger partial charge in [0.25, 0.3) is 0 Å². The number of carbonyl (C=O) groups is 1. The van der Waals surface area contributed by atoms with Gasteiger partial charge in [0.1, 0.15) is 0 Å². The van der Waals surface area contributed by atoms with Crippen molar-refractivity contribution in [1.29, 1.82) is 0 Å². The number of fused-ring (bicyclic) bond motifs is 1. The van der Waals surface area contributed by atoms with E-state index in [1.165, 1.54) is 0 Å². The Bertz CT molecular complexity index is 607. The number of benzene rings is 1. The van der Waals surface area contributed by atoms with E-state index in [9.17, 15) is 9.90 Å². The zero-order valence-corrected chi connectivity index (χ0v) is 12.5. The van der Waals surface area contributed by atoms with Crippen LogP contribution in [0.15, 0.2) is 36.7 Å². The zero-order chi connectivity index (χ0) is 15.2. The Labute approximate surface area is 124 Å². The molecule has 0 radical (unpaired) electrons. The monoisotopic (exact) mass is 287 g/mol. The number of rotatable bonds is 6. The minimum absolute atomic E-state index is 0.319. The number of nitrogens with zero attached hydrogens (tertiary/aromatic N) is 1. The first-order valence-electron chi connectivity index (χ1n) is 7.36. The van der Waals surface area contributed by atoms with Crippen LogP contribution in [0.3, 0.4) is 0 Å². The Morgan fingerprint density at radius 1 is 1.29 bits per heavy atom. The van der Waals surface area contributed by atoms with Crippen molar-refractivity contribution in [3.63, 3.8) is 0 Å². The summed E-state index contributed by atoms with van der Waals surface area (Å²) >= 11 is 0. The van der Waals surface area contributed by atoms with Crippen molar-refractivity contribution >= 4 is 16.7 Å². The summed E-state index contributed by atoms with van der Waals surface area (Å²) in [5.41, 5.74) is 0.680. The molecule has 0 aliphatic rings. The second-order valence-corrected chi connectivity index (χ2v) is 5.04. The molecule has 4 nitrogen and oxygen atoms in total. The predicted molar refractivity (Wildman–Crippen MR) is 81.7 cm³/mol. The van der Waals surface area contributed by atoms with E-state index in [0.717, 1.165) is 17.2 Å². The van der Waals surface area contributed by atoms with Crippen molar-refractivity contribution in [3.05, 3.63) is 42.2 Å². The van der Waals surface area contributed by atoms with Crippen LogP contribution in [0.1, 0.15) is 38.4 Å². The van der Waals surface area contributed by atoms with Crippen molar-refractivity contribution in [1.82, 2.24) is 4.98 Å². The Hall–Kier alpha value is -1.94. The molecule has 2 unspecified atom stereocenters. The van der Waals surface area contributed by atoms with Gasteiger partial charge in [0.2, 0.25) is 0 Å². The van der Waals surface area contributed by atoms with Crippen LogP contribution in [0.5, 0.6) is 0 Å². The van der Waals surface area contributed by atoms with E-state index in [-0.39, 0.29) is 5.97 Å². The molecule has 1 aromatic carbocycles. The predicted octanol–water partition coefficient (Wildman–Crippen LogP) is 3.25. The first-order chi connectivity index (χ1) is 10.2. The summed E-state index contributed by atoms with van der Waals surface area (Å²) in [5, 5.41) is 12.5. The van der Waals surface area contributed by atoms with Gasteiger partial charge in [-0.05, 0) is 18.7 Å². The van der Waals surface area contributed by atoms with E-state index in [1.54, 1.807) is 19.3 Å². The Kier molecular flexibility index (Phi) is 5.28. The molecule has 0 spiro atoms. The third kappa shape index (κ3) is 3.39. The van der Waals surface area contributed by atoms with Crippen LogP contribution in [0.2, 0.25) is 0 Å². The lowest BCUT2D eigenvalue weighted by atomic mass is 9.90. The highest BCUT2D eigenvalue weighted by molar-refractivity contribution is 5.85. The normalized spacial score (nSPS) is 13.9. The van der Waals surface area contributed by atoms with Gasteiger partial charge in [0.15, 0.2) is 0 Å². The minimum atomic E-state index is -0.900. The number of hydrogen-bond acceptors (Lipinski definition) is 4. The van der Waals surface area contributed by atoms with Gasteiger partial charge in [-0.25, -0.2) is 0 Å². The summed E-state index contributed by atoms with van der Waals surface area (Å²) in [5.74, 6) is -0.901. The number of aliphatic hydroxyl groups is 1. The van der Waals surface area contributed by atoms with Gasteiger partial charge in [-0.1, -0.05) is 37.6 Å². The highest BCUT2D eigenvalue weighted by Crippen LogP contribution is 2.31. The van der Waals surface area contributed by atoms with Crippen molar-refractivity contribution in [3.8, 4) is 0 Å². The minimum Gasteiger partial charge on any atom is -0.466 e. The van der Waals surface area contributed by atoms with Gasteiger partial charge in [-0.2, -0.15) is 0 Å². The molecule has 0 amide bonds. The molecule has 0 saturated carbocycles. The second kappa shape index (κ2) is 7.18. The van der Waals surface area contributed by atoms with Gasteiger partial charge in [0, 0.05) is 23.3 Å². The van der Waals surface area contributed by atoms with Crippen LogP contribution in [0, 0.1) is 5.92 Å². The number of esters is 1. The van der Waals surface area contributed by atoms with Crippen LogP contribution in [-0.2, 0) is 9.53 Å². The van der Waals surface area contributed by atoms with E-state index in [1.807, 2.05) is 31.2 Å². The largest absolute Gasteiger partial charge is 0.466 e. The smallest absolute Gasteiger partial charge is 0.311 e. The zero-order valence-electron chi connectivity index (χ0n) is 12.5. The quantitative estimate of drug-likeness (QED) is 0.829. The first-order valence-corrected chi connectivity index (χ1v) is 7.36. The summed E-state index contributed by atoms with van der Waals surface area (Å²) < 4.78 is 5.09. The molecule has 2 atom stereocenters. The number of pyridine rings is 1. The molecule has 1 heterocycles. The molecular weight excluding hydrogens is 266 g/mol. The molecule has 0 bridgehead atoms. The average molecular weight is 287 g/mol. The third-order valence-corrected chi connectivity index (χ3v) is 3.59. The lowest BCUT2D eigenvalue weighted by Crippen LogP contribution is -2.25. The van der Waals surface area contributed by atoms with Crippen molar-refractivity contribution < 1.29 is 14.6 Å². The summed E-state index contributed by atoms with van der Waals surface area (Å²) in [6.07, 6.45) is 3.88. The number of ether oxygens (including phenoxy) is 1. The molecule has 0 aliphatic heterocycles. The lowest BCUT2D eigenvalue weighted by molar-refractivity contribution is -0.152. The highest BCUT2D eigenvalue weighted by Gasteiger charge is 2.29. The molecule has 2 rings (SSSR count). The maximum atomic E-state index is 12.1. The fourth-order valence-corrected chi connectivity index (χ4v) is 2.56. The van der Waals surface area contributed by atoms with E-state index in [4.69, 9.17) is 4.74 Å². The van der Waals surface area contributed by atoms with Gasteiger partial charge < -0.3 is 9.84 Å². The number of aromatic nitrogens is 1. The standard InChI is InChI=1S/C17H21NO3/c1-3-7-14(17(20)21-4-2)16(19)15-11-18-10-12-8-5-6-9-13(12)15/h5-6,8-11,14,16,19H,3-4,7H2,1-2H3. The maximum Gasteiger partial charge on any atom is 0.311 e. The molecule has 2 aromatic rings. The molecule has 1 N–H and O–H groups in total. The topological polar surface area (TPSA) is 59.4 Å². The van der Waals surface area contributed by atoms with Gasteiger partial charge in [-0.15, -0.1) is 0 Å². The molecular formula is C17H21NO3. The van der Waals surface area contributed by atoms with Crippen molar-refractivity contribution in [2.24, 2.45) is 5.92 Å². The van der Waals surface area contributed by atoms with Crippen LogP contribution >= 0.6 is 0 Å². The third-order valence-electron chi connectivity index (χ3n) is 3.59. The lowest BCUT2D eigenvalue weighted by Gasteiger charge is -2.22. The van der Waals surface area contributed by atoms with E-state index in [0.29, 0.717) is 18.6 Å². The molecule has 112 valence electrons. The number of carbonyl (C=O) groups excluding carboxylic acids is 1. The molecule has 1 aromatic heterocycles. The van der Waals surface area contributed by atoms with Crippen molar-refractivity contribution in [2.45, 2.75) is 32.8 Å². The van der Waals surface area contributed by atoms with Crippen LogP contribution < -0.4 is 0 Å². The first kappa shape index (κ1) is 15.4. The van der Waals surface area contributed by atoms with E-state index < -0.39 is 12.0 Å². The summed E-state index contributed by atoms with van der Waals surface area (Å²) in [7, 11) is 0. The van der Waals surface area contributed by atoms with Gasteiger partial charge >= 0.3 is 5.97 Å². The summed E-state index contributed by atoms with van der Waals surface area (Å²) in [6, 6.07) is 7.72. The fraction of sp³-hybridized carbons (Fsp3) is 0.412. The Morgan fingerprint density at radius 3 is 2.76 bits per heavy atom. The van der Waals surface area contributed by atoms with Crippen LogP contribution in [0.25, 0.3) is 10.8 Å². The van der Waals surface area contributed by atoms with Crippen LogP contribution in [-0.4, -0.2) is 22.7 Å². The average Bonchev–Trinajstić information content (AvgIpc) is 2.51. The number of hydrogen-bond donors (Lipinski definition) is 1. The maximum absolute atomic E-state index is 12.1. The Balaban J connectivity index is 2.38. The highest BCUT2D eigenvalue weighted by atomic mass is 16.5. The molecule has 4 heteroatoms. The second-order valence-electron chi connectivity index (χ2n) is 5.04. The van der Waals surface area contributed by atoms with Crippen LogP contribution in [0.4, 0.5) is 0 Å². The molecule has 0 fully saturated rings. The molecule has 0 saturated heterocycles. The SMILES string of the molecule is CCCC(C(=O)OCC)C(O)c1cncc2ccccc12. The molecule has 0 aliphatic carbocycles. The summed E-state index contributed by atoms with van der Waals surface area (Å²) in [6.45, 7) is 4.08. The van der Waals surface area contributed by atoms with E-state index >= 15 is 0 Å². The number of aliphatic hydroxyl groups excluding tert-OH is 1. The summed E-state index contributed by atoms with van der Waals surface area (Å²) in [4.78, 5) is 16.3. The fourth-order valence-electron chi connectivity index (χ4n) is 2.56. The molecule has 21 heavy (non-hydrogen) atoms.